The largest absolute Gasteiger partial charge is 0.379 e. The van der Waals surface area contributed by atoms with E-state index in [9.17, 15) is 4.79 Å². The molecule has 0 bridgehead atoms. The van der Waals surface area contributed by atoms with Gasteiger partial charge in [-0.15, -0.1) is 0 Å². The molecule has 0 spiro atoms. The van der Waals surface area contributed by atoms with Gasteiger partial charge in [0.1, 0.15) is 0 Å². The van der Waals surface area contributed by atoms with Crippen LogP contribution in [0.3, 0.4) is 0 Å². The summed E-state index contributed by atoms with van der Waals surface area (Å²) < 4.78 is 10.5. The third-order valence-electron chi connectivity index (χ3n) is 4.63. The SMILES string of the molecule is CC1(C(=O)NCC2(CN3CCOCC3)CC2)COC1. The second-order valence-electron chi connectivity index (χ2n) is 6.62. The standard InChI is InChI=1S/C14H24N2O3/c1-13(10-19-11-13)12(17)15-8-14(2-3-14)9-16-4-6-18-7-5-16/h2-11H2,1H3,(H,15,17). The number of hydrogen-bond acceptors (Lipinski definition) is 4. The summed E-state index contributed by atoms with van der Waals surface area (Å²) in [5.74, 6) is 0.159. The monoisotopic (exact) mass is 268 g/mol. The lowest BCUT2D eigenvalue weighted by atomic mass is 9.87. The van der Waals surface area contributed by atoms with Gasteiger partial charge in [0.2, 0.25) is 5.91 Å². The normalized spacial score (nSPS) is 28.5. The van der Waals surface area contributed by atoms with Gasteiger partial charge in [-0.2, -0.15) is 0 Å². The fraction of sp³-hybridized carbons (Fsp3) is 0.929. The van der Waals surface area contributed by atoms with Crippen molar-refractivity contribution in [2.24, 2.45) is 10.8 Å². The molecule has 5 nitrogen and oxygen atoms in total. The van der Waals surface area contributed by atoms with Crippen LogP contribution in [0.2, 0.25) is 0 Å². The van der Waals surface area contributed by atoms with Crippen LogP contribution in [0, 0.1) is 10.8 Å². The molecule has 0 aromatic carbocycles. The van der Waals surface area contributed by atoms with Gasteiger partial charge in [-0.1, -0.05) is 0 Å². The number of nitrogens with zero attached hydrogens (tertiary/aromatic N) is 1. The Hall–Kier alpha value is -0.650. The summed E-state index contributed by atoms with van der Waals surface area (Å²) in [4.78, 5) is 14.6. The molecule has 5 heteroatoms. The third kappa shape index (κ3) is 2.93. The number of amides is 1. The van der Waals surface area contributed by atoms with Gasteiger partial charge in [0.05, 0.1) is 31.8 Å². The molecule has 1 N–H and O–H groups in total. The number of morpholine rings is 1. The molecule has 2 aliphatic heterocycles. The summed E-state index contributed by atoms with van der Waals surface area (Å²) in [7, 11) is 0. The second-order valence-corrected chi connectivity index (χ2v) is 6.62. The molecule has 1 saturated carbocycles. The van der Waals surface area contributed by atoms with Crippen molar-refractivity contribution in [3.05, 3.63) is 0 Å². The molecule has 3 aliphatic rings. The van der Waals surface area contributed by atoms with Crippen molar-refractivity contribution >= 4 is 5.91 Å². The average Bonchev–Trinajstić information content (AvgIpc) is 3.14. The van der Waals surface area contributed by atoms with Crippen LogP contribution >= 0.6 is 0 Å². The van der Waals surface area contributed by atoms with Crippen LogP contribution in [-0.4, -0.2) is 63.4 Å². The number of hydrogen-bond donors (Lipinski definition) is 1. The molecule has 1 aliphatic carbocycles. The zero-order valence-corrected chi connectivity index (χ0v) is 11.7. The van der Waals surface area contributed by atoms with Gasteiger partial charge < -0.3 is 14.8 Å². The van der Waals surface area contributed by atoms with Gasteiger partial charge in [0.15, 0.2) is 0 Å². The third-order valence-corrected chi connectivity index (χ3v) is 4.63. The minimum Gasteiger partial charge on any atom is -0.379 e. The minimum absolute atomic E-state index is 0.159. The van der Waals surface area contributed by atoms with E-state index in [1.807, 2.05) is 6.92 Å². The van der Waals surface area contributed by atoms with Gasteiger partial charge in [0.25, 0.3) is 0 Å². The average molecular weight is 268 g/mol. The highest BCUT2D eigenvalue weighted by atomic mass is 16.5. The number of carbonyl (C=O) groups excluding carboxylic acids is 1. The molecule has 3 fully saturated rings. The molecule has 0 unspecified atom stereocenters. The minimum atomic E-state index is -0.283. The molecular weight excluding hydrogens is 244 g/mol. The first-order valence-corrected chi connectivity index (χ1v) is 7.28. The first-order chi connectivity index (χ1) is 9.12. The van der Waals surface area contributed by atoms with E-state index in [-0.39, 0.29) is 11.3 Å². The van der Waals surface area contributed by atoms with E-state index in [0.29, 0.717) is 18.6 Å². The fourth-order valence-electron chi connectivity index (χ4n) is 2.82. The lowest BCUT2D eigenvalue weighted by Gasteiger charge is -2.37. The maximum absolute atomic E-state index is 12.1. The number of nitrogens with one attached hydrogen (secondary N) is 1. The van der Waals surface area contributed by atoms with Crippen molar-refractivity contribution in [3.8, 4) is 0 Å². The molecular formula is C14H24N2O3. The van der Waals surface area contributed by atoms with Gasteiger partial charge in [-0.05, 0) is 19.8 Å². The van der Waals surface area contributed by atoms with Crippen LogP contribution in [0.5, 0.6) is 0 Å². The molecule has 0 aromatic rings. The van der Waals surface area contributed by atoms with Crippen LogP contribution in [-0.2, 0) is 14.3 Å². The van der Waals surface area contributed by atoms with E-state index < -0.39 is 0 Å². The van der Waals surface area contributed by atoms with Gasteiger partial charge in [-0.3, -0.25) is 9.69 Å². The van der Waals surface area contributed by atoms with Crippen molar-refractivity contribution in [2.45, 2.75) is 19.8 Å². The first kappa shape index (κ1) is 13.3. The number of carbonyl (C=O) groups is 1. The van der Waals surface area contributed by atoms with Gasteiger partial charge >= 0.3 is 0 Å². The van der Waals surface area contributed by atoms with Gasteiger partial charge in [-0.25, -0.2) is 0 Å². The molecule has 3 rings (SSSR count). The van der Waals surface area contributed by atoms with Crippen molar-refractivity contribution in [3.63, 3.8) is 0 Å². The topological polar surface area (TPSA) is 50.8 Å². The van der Waals surface area contributed by atoms with Crippen molar-refractivity contribution < 1.29 is 14.3 Å². The highest BCUT2D eigenvalue weighted by Gasteiger charge is 2.46. The predicted molar refractivity (Wildman–Crippen MR) is 70.9 cm³/mol. The first-order valence-electron chi connectivity index (χ1n) is 7.28. The van der Waals surface area contributed by atoms with Crippen LogP contribution < -0.4 is 5.32 Å². The maximum atomic E-state index is 12.1. The Morgan fingerprint density at radius 2 is 1.89 bits per heavy atom. The molecule has 2 saturated heterocycles. The van der Waals surface area contributed by atoms with Crippen molar-refractivity contribution in [1.82, 2.24) is 10.2 Å². The summed E-state index contributed by atoms with van der Waals surface area (Å²) in [6.45, 7) is 8.78. The summed E-state index contributed by atoms with van der Waals surface area (Å²) in [5.41, 5.74) is 0.0447. The quantitative estimate of drug-likeness (QED) is 0.776. The second kappa shape index (κ2) is 5.04. The van der Waals surface area contributed by atoms with Crippen molar-refractivity contribution in [1.29, 1.82) is 0 Å². The number of rotatable bonds is 5. The molecule has 2 heterocycles. The molecule has 0 atom stereocenters. The zero-order valence-electron chi connectivity index (χ0n) is 11.7. The Labute approximate surface area is 114 Å². The van der Waals surface area contributed by atoms with Crippen LogP contribution in [0.4, 0.5) is 0 Å². The molecule has 0 aromatic heterocycles. The van der Waals surface area contributed by atoms with E-state index in [2.05, 4.69) is 10.2 Å². The highest BCUT2D eigenvalue weighted by Crippen LogP contribution is 2.46. The van der Waals surface area contributed by atoms with E-state index >= 15 is 0 Å². The summed E-state index contributed by atoms with van der Waals surface area (Å²) in [6.07, 6.45) is 2.47. The summed E-state index contributed by atoms with van der Waals surface area (Å²) in [6, 6.07) is 0. The Kier molecular flexibility index (Phi) is 3.53. The highest BCUT2D eigenvalue weighted by molar-refractivity contribution is 5.83. The van der Waals surface area contributed by atoms with Crippen LogP contribution in [0.15, 0.2) is 0 Å². The smallest absolute Gasteiger partial charge is 0.230 e. The predicted octanol–water partition coefficient (Wildman–Crippen LogP) is 0.252. The lowest BCUT2D eigenvalue weighted by Crippen LogP contribution is -2.53. The van der Waals surface area contributed by atoms with Crippen LogP contribution in [0.25, 0.3) is 0 Å². The van der Waals surface area contributed by atoms with E-state index in [0.717, 1.165) is 39.4 Å². The van der Waals surface area contributed by atoms with E-state index in [1.165, 1.54) is 12.8 Å². The molecule has 108 valence electrons. The Bertz CT molecular complexity index is 345. The molecule has 1 amide bonds. The number of ether oxygens (including phenoxy) is 2. The molecule has 19 heavy (non-hydrogen) atoms. The van der Waals surface area contributed by atoms with E-state index in [1.54, 1.807) is 0 Å². The Morgan fingerprint density at radius 1 is 1.21 bits per heavy atom. The fourth-order valence-corrected chi connectivity index (χ4v) is 2.82. The van der Waals surface area contributed by atoms with E-state index in [4.69, 9.17) is 9.47 Å². The Balaban J connectivity index is 1.45. The lowest BCUT2D eigenvalue weighted by molar-refractivity contribution is -0.157. The Morgan fingerprint density at radius 3 is 2.42 bits per heavy atom. The summed E-state index contributed by atoms with van der Waals surface area (Å²) >= 11 is 0. The molecule has 0 radical (unpaired) electrons. The van der Waals surface area contributed by atoms with Crippen LogP contribution in [0.1, 0.15) is 19.8 Å². The summed E-state index contributed by atoms with van der Waals surface area (Å²) in [5, 5.41) is 3.14. The zero-order chi connectivity index (χ0) is 13.3. The van der Waals surface area contributed by atoms with Gasteiger partial charge in [0, 0.05) is 31.6 Å². The maximum Gasteiger partial charge on any atom is 0.230 e. The van der Waals surface area contributed by atoms with Crippen molar-refractivity contribution in [2.75, 3.05) is 52.6 Å².